The standard InChI is InChI=1S/C30H24ClNO5/c1-3-37-25-15-20(11-13-24(25)33)27-26(28(34)21-10-9-18-6-4-5-7-19(18)14-21)29(35)30(36)32(27)22-12-8-17(2)23(31)16-22/h4-16,27,33-34H,3H2,1-2H3/b28-26+. The fraction of sp³-hybridized carbons (Fsp3) is 0.133. The van der Waals surface area contributed by atoms with Gasteiger partial charge in [0.15, 0.2) is 11.5 Å². The van der Waals surface area contributed by atoms with Crippen LogP contribution in [0.1, 0.15) is 29.7 Å². The molecule has 4 aromatic carbocycles. The molecule has 1 amide bonds. The molecule has 2 N–H and O–H groups in total. The Hall–Kier alpha value is -4.29. The van der Waals surface area contributed by atoms with Crippen LogP contribution in [-0.4, -0.2) is 28.5 Å². The molecule has 186 valence electrons. The number of ether oxygens (including phenoxy) is 1. The number of phenolic OH excluding ortho intramolecular Hbond substituents is 1. The van der Waals surface area contributed by atoms with E-state index >= 15 is 0 Å². The Morgan fingerprint density at radius 1 is 0.973 bits per heavy atom. The van der Waals surface area contributed by atoms with Crippen LogP contribution in [0.15, 0.2) is 84.4 Å². The number of halogens is 1. The van der Waals surface area contributed by atoms with E-state index in [2.05, 4.69) is 0 Å². The minimum Gasteiger partial charge on any atom is -0.507 e. The zero-order chi connectivity index (χ0) is 26.3. The van der Waals surface area contributed by atoms with Gasteiger partial charge in [0.1, 0.15) is 5.76 Å². The average molecular weight is 514 g/mol. The summed E-state index contributed by atoms with van der Waals surface area (Å²) < 4.78 is 5.56. The predicted molar refractivity (Wildman–Crippen MR) is 144 cm³/mol. The lowest BCUT2D eigenvalue weighted by molar-refractivity contribution is -0.132. The third-order valence-electron chi connectivity index (χ3n) is 6.50. The smallest absolute Gasteiger partial charge is 0.300 e. The molecule has 6 nitrogen and oxygen atoms in total. The highest BCUT2D eigenvalue weighted by Crippen LogP contribution is 2.44. The first kappa shape index (κ1) is 24.4. The van der Waals surface area contributed by atoms with Gasteiger partial charge in [-0.15, -0.1) is 0 Å². The predicted octanol–water partition coefficient (Wildman–Crippen LogP) is 6.53. The highest BCUT2D eigenvalue weighted by atomic mass is 35.5. The summed E-state index contributed by atoms with van der Waals surface area (Å²) in [4.78, 5) is 28.2. The number of phenols is 1. The number of aryl methyl sites for hydroxylation is 1. The van der Waals surface area contributed by atoms with Crippen molar-refractivity contribution >= 4 is 45.5 Å². The summed E-state index contributed by atoms with van der Waals surface area (Å²) >= 11 is 6.37. The minimum atomic E-state index is -0.981. The first-order valence-corrected chi connectivity index (χ1v) is 12.2. The summed E-state index contributed by atoms with van der Waals surface area (Å²) in [6, 6.07) is 21.7. The Balaban J connectivity index is 1.75. The van der Waals surface area contributed by atoms with Gasteiger partial charge in [0.05, 0.1) is 18.2 Å². The molecular formula is C30H24ClNO5. The quantitative estimate of drug-likeness (QED) is 0.180. The van der Waals surface area contributed by atoms with E-state index in [1.807, 2.05) is 37.3 Å². The molecule has 0 radical (unpaired) electrons. The number of benzene rings is 4. The van der Waals surface area contributed by atoms with E-state index in [0.717, 1.165) is 16.3 Å². The van der Waals surface area contributed by atoms with Crippen molar-refractivity contribution in [3.8, 4) is 11.5 Å². The third kappa shape index (κ3) is 4.30. The van der Waals surface area contributed by atoms with Crippen molar-refractivity contribution in [2.45, 2.75) is 19.9 Å². The Kier molecular flexibility index (Phi) is 6.36. The average Bonchev–Trinajstić information content (AvgIpc) is 3.16. The van der Waals surface area contributed by atoms with Crippen LogP contribution in [0, 0.1) is 6.92 Å². The maximum Gasteiger partial charge on any atom is 0.300 e. The zero-order valence-electron chi connectivity index (χ0n) is 20.2. The number of aromatic hydroxyl groups is 1. The van der Waals surface area contributed by atoms with Gasteiger partial charge in [-0.25, -0.2) is 0 Å². The molecule has 1 atom stereocenters. The van der Waals surface area contributed by atoms with Crippen LogP contribution in [0.25, 0.3) is 16.5 Å². The number of aliphatic hydroxyl groups excluding tert-OH is 1. The maximum absolute atomic E-state index is 13.5. The second kappa shape index (κ2) is 9.64. The number of fused-ring (bicyclic) bond motifs is 1. The van der Waals surface area contributed by atoms with Crippen LogP contribution < -0.4 is 9.64 Å². The first-order valence-electron chi connectivity index (χ1n) is 11.8. The second-order valence-corrected chi connectivity index (χ2v) is 9.23. The van der Waals surface area contributed by atoms with Crippen molar-refractivity contribution in [1.82, 2.24) is 0 Å². The summed E-state index contributed by atoms with van der Waals surface area (Å²) in [5, 5.41) is 24.0. The number of Topliss-reactive ketones (excluding diaryl/α,β-unsaturated/α-hetero) is 1. The number of hydrogen-bond donors (Lipinski definition) is 2. The highest BCUT2D eigenvalue weighted by molar-refractivity contribution is 6.52. The normalized spacial score (nSPS) is 16.9. The Morgan fingerprint density at radius 2 is 1.73 bits per heavy atom. The highest BCUT2D eigenvalue weighted by Gasteiger charge is 2.47. The van der Waals surface area contributed by atoms with Crippen LogP contribution in [0.4, 0.5) is 5.69 Å². The second-order valence-electron chi connectivity index (χ2n) is 8.82. The van der Waals surface area contributed by atoms with Crippen molar-refractivity contribution in [1.29, 1.82) is 0 Å². The van der Waals surface area contributed by atoms with E-state index in [0.29, 0.717) is 28.4 Å². The summed E-state index contributed by atoms with van der Waals surface area (Å²) in [6.07, 6.45) is 0. The van der Waals surface area contributed by atoms with Crippen molar-refractivity contribution < 1.29 is 24.5 Å². The molecule has 1 heterocycles. The van der Waals surface area contributed by atoms with Gasteiger partial charge in [0.25, 0.3) is 11.7 Å². The molecule has 5 rings (SSSR count). The minimum absolute atomic E-state index is 0.0647. The monoisotopic (exact) mass is 513 g/mol. The molecule has 4 aromatic rings. The number of anilines is 1. The van der Waals surface area contributed by atoms with Gasteiger partial charge in [-0.05, 0) is 66.1 Å². The lowest BCUT2D eigenvalue weighted by Gasteiger charge is -2.26. The van der Waals surface area contributed by atoms with Crippen molar-refractivity contribution in [3.05, 3.63) is 106 Å². The number of carbonyl (C=O) groups excluding carboxylic acids is 2. The first-order chi connectivity index (χ1) is 17.8. The zero-order valence-corrected chi connectivity index (χ0v) is 21.0. The summed E-state index contributed by atoms with van der Waals surface area (Å²) in [5.41, 5.74) is 2.06. The number of nitrogens with zero attached hydrogens (tertiary/aromatic N) is 1. The van der Waals surface area contributed by atoms with Gasteiger partial charge in [-0.1, -0.05) is 60.1 Å². The van der Waals surface area contributed by atoms with Crippen LogP contribution in [-0.2, 0) is 9.59 Å². The van der Waals surface area contributed by atoms with Crippen LogP contribution >= 0.6 is 11.6 Å². The van der Waals surface area contributed by atoms with E-state index in [1.54, 1.807) is 49.4 Å². The molecular weight excluding hydrogens is 490 g/mol. The van der Waals surface area contributed by atoms with E-state index in [1.165, 1.54) is 11.0 Å². The molecule has 0 aromatic heterocycles. The van der Waals surface area contributed by atoms with Crippen molar-refractivity contribution in [2.24, 2.45) is 0 Å². The third-order valence-corrected chi connectivity index (χ3v) is 6.91. The molecule has 0 bridgehead atoms. The van der Waals surface area contributed by atoms with E-state index in [9.17, 15) is 19.8 Å². The lowest BCUT2D eigenvalue weighted by atomic mass is 9.94. The van der Waals surface area contributed by atoms with Gasteiger partial charge in [0.2, 0.25) is 0 Å². The Labute approximate surface area is 219 Å². The fourth-order valence-corrected chi connectivity index (χ4v) is 4.78. The van der Waals surface area contributed by atoms with Crippen LogP contribution in [0.2, 0.25) is 5.02 Å². The molecule has 1 aliphatic rings. The number of rotatable bonds is 5. The number of carbonyl (C=O) groups is 2. The van der Waals surface area contributed by atoms with Gasteiger partial charge < -0.3 is 14.9 Å². The summed E-state index contributed by atoms with van der Waals surface area (Å²) in [6.45, 7) is 3.93. The number of ketones is 1. The number of amides is 1. The van der Waals surface area contributed by atoms with Crippen LogP contribution in [0.3, 0.4) is 0 Å². The van der Waals surface area contributed by atoms with Gasteiger partial charge in [0, 0.05) is 16.3 Å². The molecule has 1 aliphatic heterocycles. The topological polar surface area (TPSA) is 87.1 Å². The number of hydrogen-bond acceptors (Lipinski definition) is 5. The molecule has 37 heavy (non-hydrogen) atoms. The van der Waals surface area contributed by atoms with Crippen LogP contribution in [0.5, 0.6) is 11.5 Å². The van der Waals surface area contributed by atoms with Crippen molar-refractivity contribution in [3.63, 3.8) is 0 Å². The number of aliphatic hydroxyl groups is 1. The summed E-state index contributed by atoms with van der Waals surface area (Å²) in [5.74, 6) is -1.77. The van der Waals surface area contributed by atoms with E-state index in [-0.39, 0.29) is 22.8 Å². The Morgan fingerprint density at radius 3 is 2.46 bits per heavy atom. The van der Waals surface area contributed by atoms with Gasteiger partial charge in [-0.3, -0.25) is 14.5 Å². The molecule has 7 heteroatoms. The largest absolute Gasteiger partial charge is 0.507 e. The molecule has 0 spiro atoms. The fourth-order valence-electron chi connectivity index (χ4n) is 4.61. The summed E-state index contributed by atoms with van der Waals surface area (Å²) in [7, 11) is 0. The SMILES string of the molecule is CCOc1cc(C2/C(=C(\O)c3ccc4ccccc4c3)C(=O)C(=O)N2c2ccc(C)c(Cl)c2)ccc1O. The van der Waals surface area contributed by atoms with E-state index in [4.69, 9.17) is 16.3 Å². The molecule has 1 fully saturated rings. The molecule has 0 aliphatic carbocycles. The molecule has 1 saturated heterocycles. The maximum atomic E-state index is 13.5. The Bertz CT molecular complexity index is 1590. The lowest BCUT2D eigenvalue weighted by Crippen LogP contribution is -2.29. The van der Waals surface area contributed by atoms with Crippen molar-refractivity contribution in [2.75, 3.05) is 11.5 Å². The van der Waals surface area contributed by atoms with Gasteiger partial charge in [-0.2, -0.15) is 0 Å². The van der Waals surface area contributed by atoms with E-state index < -0.39 is 17.7 Å². The molecule has 1 unspecified atom stereocenters. The van der Waals surface area contributed by atoms with Gasteiger partial charge >= 0.3 is 0 Å². The molecule has 0 saturated carbocycles.